The van der Waals surface area contributed by atoms with E-state index in [1.807, 2.05) is 0 Å². The molecular weight excluding hydrogens is 813 g/mol. The van der Waals surface area contributed by atoms with E-state index in [1.54, 1.807) is 0 Å². The lowest BCUT2D eigenvalue weighted by molar-refractivity contribution is 1.13. The molecule has 14 rings (SSSR count). The van der Waals surface area contributed by atoms with Gasteiger partial charge in [-0.3, -0.25) is 0 Å². The van der Waals surface area contributed by atoms with E-state index < -0.39 is 0 Å². The lowest BCUT2D eigenvalue weighted by atomic mass is 9.96. The second-order valence-corrected chi connectivity index (χ2v) is 17.5. The summed E-state index contributed by atoms with van der Waals surface area (Å²) < 4.78 is 7.25. The van der Waals surface area contributed by atoms with E-state index >= 15 is 0 Å². The molecule has 0 bridgehead atoms. The second-order valence-electron chi connectivity index (χ2n) is 17.5. The van der Waals surface area contributed by atoms with Crippen molar-refractivity contribution >= 4 is 76.2 Å². The van der Waals surface area contributed by atoms with Crippen LogP contribution in [0.15, 0.2) is 243 Å². The molecule has 0 aliphatic rings. The molecular formula is C63H40N4. The Kier molecular flexibility index (Phi) is 8.25. The van der Waals surface area contributed by atoms with Gasteiger partial charge in [-0.05, 0) is 101 Å². The largest absolute Gasteiger partial charge is 0.309 e. The third-order valence-electron chi connectivity index (χ3n) is 13.8. The van der Waals surface area contributed by atoms with Gasteiger partial charge in [-0.15, -0.1) is 0 Å². The molecule has 4 nitrogen and oxygen atoms in total. The van der Waals surface area contributed by atoms with E-state index in [2.05, 4.69) is 256 Å². The molecule has 0 spiro atoms. The van der Waals surface area contributed by atoms with Crippen LogP contribution in [0.4, 0.5) is 0 Å². The summed E-state index contributed by atoms with van der Waals surface area (Å²) in [6.07, 6.45) is 0. The van der Waals surface area contributed by atoms with Gasteiger partial charge < -0.3 is 13.7 Å². The first-order valence-corrected chi connectivity index (χ1v) is 23.0. The Morgan fingerprint density at radius 3 is 1.06 bits per heavy atom. The lowest BCUT2D eigenvalue weighted by Crippen LogP contribution is -2.00. The van der Waals surface area contributed by atoms with Crippen LogP contribution < -0.4 is 0 Å². The van der Waals surface area contributed by atoms with Gasteiger partial charge in [-0.1, -0.05) is 164 Å². The molecule has 0 N–H and O–H groups in total. The maximum atomic E-state index is 5.53. The molecule has 4 aromatic heterocycles. The van der Waals surface area contributed by atoms with Gasteiger partial charge >= 0.3 is 0 Å². The fourth-order valence-electron chi connectivity index (χ4n) is 10.8. The highest BCUT2D eigenvalue weighted by molar-refractivity contribution is 6.12. The van der Waals surface area contributed by atoms with E-state index in [9.17, 15) is 0 Å². The summed E-state index contributed by atoms with van der Waals surface area (Å²) in [6, 6.07) is 88.2. The van der Waals surface area contributed by atoms with E-state index in [1.165, 1.54) is 76.2 Å². The fraction of sp³-hybridized carbons (Fsp3) is 0. The van der Waals surface area contributed by atoms with Crippen LogP contribution in [0.5, 0.6) is 0 Å². The number of para-hydroxylation sites is 6. The second kappa shape index (κ2) is 14.8. The Morgan fingerprint density at radius 1 is 0.239 bits per heavy atom. The van der Waals surface area contributed by atoms with Gasteiger partial charge in [-0.25, -0.2) is 4.98 Å². The van der Waals surface area contributed by atoms with Crippen molar-refractivity contribution in [2.24, 2.45) is 0 Å². The number of hydrogen-bond donors (Lipinski definition) is 0. The molecule has 0 fully saturated rings. The predicted octanol–water partition coefficient (Wildman–Crippen LogP) is 16.5. The molecule has 0 amide bonds. The number of benzene rings is 10. The summed E-state index contributed by atoms with van der Waals surface area (Å²) in [5.41, 5.74) is 16.5. The normalized spacial score (nSPS) is 11.9. The standard InChI is InChI=1S/C63H40N4/c1-2-18-48-41(16-1)17-15-25-49(48)57-39-44(38-56(64-57)42-32-34-45(35-33-42)65-58-26-9-3-19-50(58)51-20-4-10-27-59(51)65)43-36-46(66-60-28-11-5-21-52(60)53-22-6-12-29-61(53)66)40-47(37-43)67-62-30-13-7-23-54(62)55-24-8-14-31-63(55)67/h1-40H. The van der Waals surface area contributed by atoms with Gasteiger partial charge in [-0.2, -0.15) is 0 Å². The van der Waals surface area contributed by atoms with Crippen LogP contribution in [0.1, 0.15) is 0 Å². The third kappa shape index (κ3) is 5.83. The molecule has 4 heteroatoms. The topological polar surface area (TPSA) is 27.7 Å². The van der Waals surface area contributed by atoms with Crippen molar-refractivity contribution in [3.63, 3.8) is 0 Å². The van der Waals surface area contributed by atoms with Crippen LogP contribution in [0, 0.1) is 0 Å². The van der Waals surface area contributed by atoms with Crippen LogP contribution in [-0.4, -0.2) is 18.7 Å². The Bertz CT molecular complexity index is 3980. The van der Waals surface area contributed by atoms with Crippen molar-refractivity contribution in [2.75, 3.05) is 0 Å². The molecule has 67 heavy (non-hydrogen) atoms. The molecule has 10 aromatic carbocycles. The molecule has 14 aromatic rings. The van der Waals surface area contributed by atoms with Gasteiger partial charge in [0, 0.05) is 60.5 Å². The van der Waals surface area contributed by atoms with Gasteiger partial charge in [0.05, 0.1) is 44.5 Å². The third-order valence-corrected chi connectivity index (χ3v) is 13.8. The number of aromatic nitrogens is 4. The van der Waals surface area contributed by atoms with E-state index in [-0.39, 0.29) is 0 Å². The maximum absolute atomic E-state index is 5.53. The van der Waals surface area contributed by atoms with Crippen LogP contribution in [0.3, 0.4) is 0 Å². The summed E-state index contributed by atoms with van der Waals surface area (Å²) in [7, 11) is 0. The van der Waals surface area contributed by atoms with Gasteiger partial charge in [0.1, 0.15) is 0 Å². The van der Waals surface area contributed by atoms with Gasteiger partial charge in [0.15, 0.2) is 0 Å². The molecule has 4 heterocycles. The number of pyridine rings is 1. The molecule has 312 valence electrons. The molecule has 0 unspecified atom stereocenters. The summed E-state index contributed by atoms with van der Waals surface area (Å²) in [5, 5.41) is 9.79. The lowest BCUT2D eigenvalue weighted by Gasteiger charge is -2.17. The molecule has 0 aliphatic carbocycles. The summed E-state index contributed by atoms with van der Waals surface area (Å²) in [5.74, 6) is 0. The van der Waals surface area contributed by atoms with Crippen molar-refractivity contribution in [3.8, 4) is 50.7 Å². The highest BCUT2D eigenvalue weighted by Crippen LogP contribution is 2.40. The fourth-order valence-corrected chi connectivity index (χ4v) is 10.8. The highest BCUT2D eigenvalue weighted by atomic mass is 15.0. The first-order chi connectivity index (χ1) is 33.2. The predicted molar refractivity (Wildman–Crippen MR) is 281 cm³/mol. The monoisotopic (exact) mass is 852 g/mol. The van der Waals surface area contributed by atoms with Crippen LogP contribution in [-0.2, 0) is 0 Å². The molecule has 0 atom stereocenters. The zero-order chi connectivity index (χ0) is 44.0. The molecule has 0 aliphatic heterocycles. The first-order valence-electron chi connectivity index (χ1n) is 23.0. The average molecular weight is 853 g/mol. The zero-order valence-electron chi connectivity index (χ0n) is 36.4. The maximum Gasteiger partial charge on any atom is 0.0721 e. The van der Waals surface area contributed by atoms with Crippen molar-refractivity contribution in [1.82, 2.24) is 18.7 Å². The van der Waals surface area contributed by atoms with Crippen molar-refractivity contribution < 1.29 is 0 Å². The van der Waals surface area contributed by atoms with Crippen molar-refractivity contribution in [1.29, 1.82) is 0 Å². The zero-order valence-corrected chi connectivity index (χ0v) is 36.4. The number of nitrogens with zero attached hydrogens (tertiary/aromatic N) is 4. The Hall–Kier alpha value is -8.99. The number of hydrogen-bond acceptors (Lipinski definition) is 1. The summed E-state index contributed by atoms with van der Waals surface area (Å²) >= 11 is 0. The minimum Gasteiger partial charge on any atom is -0.309 e. The summed E-state index contributed by atoms with van der Waals surface area (Å²) in [6.45, 7) is 0. The number of fused-ring (bicyclic) bond motifs is 10. The summed E-state index contributed by atoms with van der Waals surface area (Å²) in [4.78, 5) is 5.53. The van der Waals surface area contributed by atoms with E-state index in [0.29, 0.717) is 0 Å². The Morgan fingerprint density at radius 2 is 0.597 bits per heavy atom. The first kappa shape index (κ1) is 37.4. The van der Waals surface area contributed by atoms with E-state index in [4.69, 9.17) is 4.98 Å². The molecule has 0 radical (unpaired) electrons. The van der Waals surface area contributed by atoms with E-state index in [0.717, 1.165) is 50.7 Å². The minimum absolute atomic E-state index is 0.912. The molecule has 0 saturated heterocycles. The van der Waals surface area contributed by atoms with Crippen molar-refractivity contribution in [2.45, 2.75) is 0 Å². The van der Waals surface area contributed by atoms with Crippen LogP contribution in [0.2, 0.25) is 0 Å². The van der Waals surface area contributed by atoms with Crippen molar-refractivity contribution in [3.05, 3.63) is 243 Å². The smallest absolute Gasteiger partial charge is 0.0721 e. The SMILES string of the molecule is c1ccc2c(-c3cc(-c4cc(-n5c6ccccc6c6ccccc65)cc(-n5c6ccccc6c6ccccc65)c4)cc(-c4ccc(-n5c6ccccc6c6ccccc65)cc4)n3)cccc2c1. The van der Waals surface area contributed by atoms with Gasteiger partial charge in [0.25, 0.3) is 0 Å². The molecule has 0 saturated carbocycles. The quantitative estimate of drug-likeness (QED) is 0.164. The Labute approximate surface area is 386 Å². The van der Waals surface area contributed by atoms with Crippen LogP contribution in [0.25, 0.3) is 127 Å². The average Bonchev–Trinajstić information content (AvgIpc) is 4.04. The van der Waals surface area contributed by atoms with Gasteiger partial charge in [0.2, 0.25) is 0 Å². The highest BCUT2D eigenvalue weighted by Gasteiger charge is 2.19. The number of rotatable bonds is 6. The Balaban J connectivity index is 1.03. The minimum atomic E-state index is 0.912. The van der Waals surface area contributed by atoms with Crippen LogP contribution >= 0.6 is 0 Å².